The van der Waals surface area contributed by atoms with Gasteiger partial charge in [0.2, 0.25) is 0 Å². The van der Waals surface area contributed by atoms with Crippen molar-refractivity contribution < 1.29 is 9.13 Å². The lowest BCUT2D eigenvalue weighted by molar-refractivity contribution is 0.103. The highest BCUT2D eigenvalue weighted by Gasteiger charge is 2.26. The third-order valence-electron chi connectivity index (χ3n) is 3.90. The molecule has 1 aromatic carbocycles. The highest BCUT2D eigenvalue weighted by Crippen LogP contribution is 2.32. The first kappa shape index (κ1) is 14.5. The molecule has 0 fully saturated rings. The largest absolute Gasteiger partial charge is 0.380 e. The molecule has 0 heterocycles. The van der Waals surface area contributed by atoms with Crippen molar-refractivity contribution in [2.24, 2.45) is 5.92 Å². The fourth-order valence-electron chi connectivity index (χ4n) is 2.70. The first-order valence-corrected chi connectivity index (χ1v) is 7.24. The maximum atomic E-state index is 13.2. The van der Waals surface area contributed by atoms with E-state index in [1.165, 1.54) is 5.56 Å². The number of aryl methyl sites for hydroxylation is 1. The first-order valence-electron chi connectivity index (χ1n) is 7.24. The molecule has 1 aromatic rings. The summed E-state index contributed by atoms with van der Waals surface area (Å²) in [4.78, 5) is 0. The van der Waals surface area contributed by atoms with Gasteiger partial charge in [0.05, 0.1) is 6.61 Å². The Hall–Kier alpha value is -0.930. The average Bonchev–Trinajstić information content (AvgIpc) is 2.76. The minimum absolute atomic E-state index is 0.130. The van der Waals surface area contributed by atoms with Crippen molar-refractivity contribution in [1.29, 1.82) is 0 Å². The van der Waals surface area contributed by atoms with Gasteiger partial charge in [0.25, 0.3) is 0 Å². The molecule has 0 spiro atoms. The number of ether oxygens (including phenoxy) is 1. The molecule has 2 atom stereocenters. The molecule has 0 aliphatic heterocycles. The van der Waals surface area contributed by atoms with Crippen LogP contribution in [0.15, 0.2) is 18.2 Å². The van der Waals surface area contributed by atoms with E-state index in [-0.39, 0.29) is 5.82 Å². The van der Waals surface area contributed by atoms with Crippen LogP contribution >= 0.6 is 0 Å². The van der Waals surface area contributed by atoms with E-state index in [9.17, 15) is 4.39 Å². The van der Waals surface area contributed by atoms with Gasteiger partial charge in [-0.2, -0.15) is 0 Å². The summed E-state index contributed by atoms with van der Waals surface area (Å²) >= 11 is 0. The normalized spacial score (nSPS) is 19.7. The second-order valence-corrected chi connectivity index (χ2v) is 5.61. The van der Waals surface area contributed by atoms with Gasteiger partial charge in [-0.05, 0) is 48.9 Å². The van der Waals surface area contributed by atoms with Crippen molar-refractivity contribution in [2.75, 3.05) is 13.2 Å². The van der Waals surface area contributed by atoms with Gasteiger partial charge in [0.15, 0.2) is 0 Å². The predicted molar refractivity (Wildman–Crippen MR) is 75.7 cm³/mol. The molecule has 19 heavy (non-hydrogen) atoms. The SMILES string of the molecule is CCOCC(NC1CCc2cc(F)ccc21)C(C)C. The van der Waals surface area contributed by atoms with E-state index in [0.29, 0.717) is 18.0 Å². The van der Waals surface area contributed by atoms with E-state index in [2.05, 4.69) is 19.2 Å². The van der Waals surface area contributed by atoms with Gasteiger partial charge in [-0.25, -0.2) is 4.39 Å². The van der Waals surface area contributed by atoms with E-state index in [1.54, 1.807) is 12.1 Å². The molecule has 0 aromatic heterocycles. The Balaban J connectivity index is 2.04. The maximum Gasteiger partial charge on any atom is 0.123 e. The van der Waals surface area contributed by atoms with Crippen LogP contribution in [0.2, 0.25) is 0 Å². The topological polar surface area (TPSA) is 21.3 Å². The Kier molecular flexibility index (Phi) is 4.94. The fraction of sp³-hybridized carbons (Fsp3) is 0.625. The van der Waals surface area contributed by atoms with Gasteiger partial charge >= 0.3 is 0 Å². The van der Waals surface area contributed by atoms with E-state index < -0.39 is 0 Å². The van der Waals surface area contributed by atoms with Crippen molar-refractivity contribution >= 4 is 0 Å². The number of hydrogen-bond donors (Lipinski definition) is 1. The third kappa shape index (κ3) is 3.54. The molecule has 0 bridgehead atoms. The highest BCUT2D eigenvalue weighted by atomic mass is 19.1. The smallest absolute Gasteiger partial charge is 0.123 e. The van der Waals surface area contributed by atoms with Gasteiger partial charge in [-0.3, -0.25) is 0 Å². The molecule has 1 aliphatic carbocycles. The quantitative estimate of drug-likeness (QED) is 0.850. The summed E-state index contributed by atoms with van der Waals surface area (Å²) in [6, 6.07) is 5.84. The van der Waals surface area contributed by atoms with Gasteiger partial charge in [-0.15, -0.1) is 0 Å². The Bertz CT molecular complexity index is 419. The first-order chi connectivity index (χ1) is 9.11. The molecule has 0 saturated carbocycles. The van der Waals surface area contributed by atoms with Crippen LogP contribution in [0.3, 0.4) is 0 Å². The van der Waals surface area contributed by atoms with Crippen LogP contribution in [0, 0.1) is 11.7 Å². The summed E-state index contributed by atoms with van der Waals surface area (Å²) in [5.74, 6) is 0.394. The zero-order valence-electron chi connectivity index (χ0n) is 12.1. The highest BCUT2D eigenvalue weighted by molar-refractivity contribution is 5.35. The lowest BCUT2D eigenvalue weighted by atomic mass is 10.0. The molecule has 2 nitrogen and oxygen atoms in total. The summed E-state index contributed by atoms with van der Waals surface area (Å²) in [6.45, 7) is 7.91. The zero-order chi connectivity index (χ0) is 13.8. The molecule has 0 saturated heterocycles. The standard InChI is InChI=1S/C16H24FNO/c1-4-19-10-16(11(2)3)18-15-8-5-12-9-13(17)6-7-14(12)15/h6-7,9,11,15-16,18H,4-5,8,10H2,1-3H3. The number of rotatable bonds is 6. The number of hydrogen-bond acceptors (Lipinski definition) is 2. The average molecular weight is 265 g/mol. The zero-order valence-corrected chi connectivity index (χ0v) is 12.1. The molecule has 0 amide bonds. The predicted octanol–water partition coefficient (Wildman–Crippen LogP) is 3.46. The van der Waals surface area contributed by atoms with Crippen molar-refractivity contribution in [3.63, 3.8) is 0 Å². The molecular weight excluding hydrogens is 241 g/mol. The van der Waals surface area contributed by atoms with Gasteiger partial charge in [0, 0.05) is 18.7 Å². The van der Waals surface area contributed by atoms with Crippen LogP contribution in [-0.2, 0) is 11.2 Å². The number of nitrogens with one attached hydrogen (secondary N) is 1. The Morgan fingerprint density at radius 2 is 2.21 bits per heavy atom. The second-order valence-electron chi connectivity index (χ2n) is 5.61. The van der Waals surface area contributed by atoms with Crippen molar-refractivity contribution in [3.8, 4) is 0 Å². The number of fused-ring (bicyclic) bond motifs is 1. The number of halogens is 1. The van der Waals surface area contributed by atoms with Crippen LogP contribution in [0.4, 0.5) is 4.39 Å². The second kappa shape index (κ2) is 6.49. The van der Waals surface area contributed by atoms with Crippen LogP contribution in [0.5, 0.6) is 0 Å². The van der Waals surface area contributed by atoms with Crippen molar-refractivity contribution in [1.82, 2.24) is 5.32 Å². The summed E-state index contributed by atoms with van der Waals surface area (Å²) in [5.41, 5.74) is 2.40. The monoisotopic (exact) mass is 265 g/mol. The third-order valence-corrected chi connectivity index (χ3v) is 3.90. The molecular formula is C16H24FNO. The molecule has 0 radical (unpaired) electrons. The Morgan fingerprint density at radius 3 is 2.89 bits per heavy atom. The van der Waals surface area contributed by atoms with E-state index >= 15 is 0 Å². The van der Waals surface area contributed by atoms with Crippen LogP contribution in [-0.4, -0.2) is 19.3 Å². The van der Waals surface area contributed by atoms with Gasteiger partial charge < -0.3 is 10.1 Å². The van der Waals surface area contributed by atoms with Crippen molar-refractivity contribution in [2.45, 2.75) is 45.7 Å². The summed E-state index contributed by atoms with van der Waals surface area (Å²) < 4.78 is 18.8. The summed E-state index contributed by atoms with van der Waals surface area (Å²) in [6.07, 6.45) is 2.01. The van der Waals surface area contributed by atoms with Gasteiger partial charge in [0.1, 0.15) is 5.82 Å². The molecule has 3 heteroatoms. The summed E-state index contributed by atoms with van der Waals surface area (Å²) in [5, 5.41) is 3.68. The Morgan fingerprint density at radius 1 is 1.42 bits per heavy atom. The van der Waals surface area contributed by atoms with E-state index in [4.69, 9.17) is 4.74 Å². The minimum Gasteiger partial charge on any atom is -0.380 e. The molecule has 106 valence electrons. The fourth-order valence-corrected chi connectivity index (χ4v) is 2.70. The Labute approximate surface area is 115 Å². The van der Waals surface area contributed by atoms with Crippen molar-refractivity contribution in [3.05, 3.63) is 35.1 Å². The molecule has 2 unspecified atom stereocenters. The molecule has 1 N–H and O–H groups in total. The minimum atomic E-state index is -0.130. The lowest BCUT2D eigenvalue weighted by Crippen LogP contribution is -2.39. The number of benzene rings is 1. The lowest BCUT2D eigenvalue weighted by Gasteiger charge is -2.26. The summed E-state index contributed by atoms with van der Waals surface area (Å²) in [7, 11) is 0. The maximum absolute atomic E-state index is 13.2. The van der Waals surface area contributed by atoms with Crippen LogP contribution in [0.25, 0.3) is 0 Å². The van der Waals surface area contributed by atoms with E-state index in [0.717, 1.165) is 31.6 Å². The van der Waals surface area contributed by atoms with E-state index in [1.807, 2.05) is 13.0 Å². The van der Waals surface area contributed by atoms with Crippen LogP contribution in [0.1, 0.15) is 44.4 Å². The molecule has 2 rings (SSSR count). The van der Waals surface area contributed by atoms with Crippen LogP contribution < -0.4 is 5.32 Å². The van der Waals surface area contributed by atoms with Gasteiger partial charge in [-0.1, -0.05) is 19.9 Å². The molecule has 1 aliphatic rings.